The van der Waals surface area contributed by atoms with Crippen LogP contribution in [0.15, 0.2) is 66.7 Å². The van der Waals surface area contributed by atoms with E-state index in [9.17, 15) is 22.8 Å². The van der Waals surface area contributed by atoms with Crippen LogP contribution in [0.4, 0.5) is 18.9 Å². The van der Waals surface area contributed by atoms with Crippen molar-refractivity contribution in [3.63, 3.8) is 0 Å². The van der Waals surface area contributed by atoms with Crippen molar-refractivity contribution in [2.75, 3.05) is 4.90 Å². The van der Waals surface area contributed by atoms with Crippen molar-refractivity contribution in [1.82, 2.24) is 0 Å². The number of halogens is 4. The molecular weight excluding hydrogens is 463 g/mol. The van der Waals surface area contributed by atoms with E-state index in [1.165, 1.54) is 6.07 Å². The molecule has 0 saturated carbocycles. The maximum absolute atomic E-state index is 14.0. The lowest BCUT2D eigenvalue weighted by atomic mass is 9.46. The number of imide groups is 1. The van der Waals surface area contributed by atoms with Crippen LogP contribution in [0.1, 0.15) is 47.1 Å². The topological polar surface area (TPSA) is 37.4 Å². The van der Waals surface area contributed by atoms with E-state index in [-0.39, 0.29) is 11.6 Å². The predicted octanol–water partition coefficient (Wildman–Crippen LogP) is 6.32. The first-order chi connectivity index (χ1) is 16.2. The van der Waals surface area contributed by atoms with Crippen molar-refractivity contribution in [2.45, 2.75) is 30.9 Å². The molecule has 0 spiro atoms. The first kappa shape index (κ1) is 21.4. The van der Waals surface area contributed by atoms with E-state index in [1.807, 2.05) is 55.5 Å². The van der Waals surface area contributed by atoms with E-state index < -0.39 is 45.8 Å². The molecule has 172 valence electrons. The summed E-state index contributed by atoms with van der Waals surface area (Å²) in [6.07, 6.45) is -4.13. The van der Waals surface area contributed by atoms with Crippen LogP contribution < -0.4 is 4.90 Å². The minimum atomic E-state index is -4.71. The van der Waals surface area contributed by atoms with E-state index >= 15 is 0 Å². The second kappa shape index (κ2) is 6.95. The number of alkyl halides is 3. The van der Waals surface area contributed by atoms with Gasteiger partial charge in [-0.05, 0) is 46.9 Å². The number of hydrogen-bond donors (Lipinski definition) is 0. The minimum absolute atomic E-state index is 0.0973. The van der Waals surface area contributed by atoms with Gasteiger partial charge < -0.3 is 0 Å². The average Bonchev–Trinajstić information content (AvgIpc) is 3.09. The van der Waals surface area contributed by atoms with Crippen LogP contribution in [0.3, 0.4) is 0 Å². The van der Waals surface area contributed by atoms with Gasteiger partial charge in [0, 0.05) is 11.3 Å². The Morgan fingerprint density at radius 2 is 1.50 bits per heavy atom. The third-order valence-electron chi connectivity index (χ3n) is 7.87. The van der Waals surface area contributed by atoms with Crippen molar-refractivity contribution in [1.29, 1.82) is 0 Å². The number of anilines is 1. The molecule has 3 aromatic rings. The van der Waals surface area contributed by atoms with Crippen molar-refractivity contribution in [3.05, 3.63) is 99.6 Å². The number of carbonyl (C=O) groups is 2. The third kappa shape index (κ3) is 2.49. The molecule has 34 heavy (non-hydrogen) atoms. The molecule has 0 aromatic heterocycles. The summed E-state index contributed by atoms with van der Waals surface area (Å²) >= 11 is 5.80. The molecule has 1 heterocycles. The van der Waals surface area contributed by atoms with Gasteiger partial charge in [0.1, 0.15) is 0 Å². The molecule has 4 aliphatic rings. The second-order valence-electron chi connectivity index (χ2n) is 9.15. The van der Waals surface area contributed by atoms with Gasteiger partial charge in [0.25, 0.3) is 0 Å². The standard InChI is InChI=1S/C27H19ClF3NO2/c1-2-26-17-9-5-3-7-15(17)21(16-8-4-6-10-18(16)26)22-23(26)25(34)32(24(22)33)14-11-12-20(28)19(13-14)27(29,30)31/h3-13,21-23H,2H2,1H3/t21?,22-,23+,26?/m0/s1. The van der Waals surface area contributed by atoms with E-state index in [4.69, 9.17) is 11.6 Å². The molecule has 2 amide bonds. The summed E-state index contributed by atoms with van der Waals surface area (Å²) in [5.74, 6) is -2.62. The quantitative estimate of drug-likeness (QED) is 0.402. The molecule has 7 rings (SSSR count). The van der Waals surface area contributed by atoms with Crippen LogP contribution in [0.5, 0.6) is 0 Å². The van der Waals surface area contributed by atoms with Crippen LogP contribution in [-0.2, 0) is 21.2 Å². The van der Waals surface area contributed by atoms with Gasteiger partial charge in [-0.15, -0.1) is 0 Å². The number of rotatable bonds is 2. The molecule has 3 aliphatic carbocycles. The Bertz CT molecular complexity index is 1330. The van der Waals surface area contributed by atoms with Gasteiger partial charge in [0.15, 0.2) is 0 Å². The molecular formula is C27H19ClF3NO2. The lowest BCUT2D eigenvalue weighted by Crippen LogP contribution is -2.53. The number of nitrogens with zero attached hydrogens (tertiary/aromatic N) is 1. The zero-order valence-corrected chi connectivity index (χ0v) is 18.8. The highest BCUT2D eigenvalue weighted by Gasteiger charge is 2.67. The summed E-state index contributed by atoms with van der Waals surface area (Å²) in [6, 6.07) is 19.0. The Morgan fingerprint density at radius 1 is 0.912 bits per heavy atom. The highest BCUT2D eigenvalue weighted by molar-refractivity contribution is 6.31. The Morgan fingerprint density at radius 3 is 2.06 bits per heavy atom. The van der Waals surface area contributed by atoms with Crippen molar-refractivity contribution >= 4 is 29.1 Å². The monoisotopic (exact) mass is 481 g/mol. The Labute approximate surface area is 199 Å². The van der Waals surface area contributed by atoms with Gasteiger partial charge >= 0.3 is 6.18 Å². The summed E-state index contributed by atoms with van der Waals surface area (Å²) in [5.41, 5.74) is 2.18. The molecule has 3 nitrogen and oxygen atoms in total. The fraction of sp³-hybridized carbons (Fsp3) is 0.259. The molecule has 1 aliphatic heterocycles. The number of carbonyl (C=O) groups excluding carboxylic acids is 2. The Hall–Kier alpha value is -3.12. The first-order valence-electron chi connectivity index (χ1n) is 11.1. The molecule has 0 radical (unpaired) electrons. The lowest BCUT2D eigenvalue weighted by molar-refractivity contribution is -0.137. The van der Waals surface area contributed by atoms with E-state index in [1.54, 1.807) is 0 Å². The van der Waals surface area contributed by atoms with Crippen molar-refractivity contribution in [2.24, 2.45) is 11.8 Å². The van der Waals surface area contributed by atoms with Crippen molar-refractivity contribution in [3.8, 4) is 0 Å². The Balaban J connectivity index is 1.58. The summed E-state index contributed by atoms with van der Waals surface area (Å²) in [7, 11) is 0. The largest absolute Gasteiger partial charge is 0.417 e. The van der Waals surface area contributed by atoms with E-state index in [0.717, 1.165) is 39.3 Å². The van der Waals surface area contributed by atoms with Crippen LogP contribution in [0.25, 0.3) is 0 Å². The van der Waals surface area contributed by atoms with Crippen LogP contribution >= 0.6 is 11.6 Å². The fourth-order valence-corrected chi connectivity index (χ4v) is 6.88. The van der Waals surface area contributed by atoms with E-state index in [0.29, 0.717) is 6.42 Å². The van der Waals surface area contributed by atoms with Crippen molar-refractivity contribution < 1.29 is 22.8 Å². The number of amides is 2. The SMILES string of the molecule is CCC12c3ccccc3C(c3ccccc31)[C@@H]1C(=O)N(c3ccc(Cl)c(C(F)(F)F)c3)C(=O)[C@@H]12. The van der Waals surface area contributed by atoms with Gasteiger partial charge in [0.2, 0.25) is 11.8 Å². The molecule has 2 atom stereocenters. The van der Waals surface area contributed by atoms with Gasteiger partial charge in [0.05, 0.1) is 28.1 Å². The maximum Gasteiger partial charge on any atom is 0.417 e. The molecule has 1 fully saturated rings. The maximum atomic E-state index is 14.0. The Kier molecular flexibility index (Phi) is 4.38. The van der Waals surface area contributed by atoms with Gasteiger partial charge in [-0.25, -0.2) is 4.90 Å². The molecule has 1 saturated heterocycles. The normalized spacial score (nSPS) is 27.0. The molecule has 0 N–H and O–H groups in total. The molecule has 0 unspecified atom stereocenters. The predicted molar refractivity (Wildman–Crippen MR) is 122 cm³/mol. The average molecular weight is 482 g/mol. The molecule has 7 heteroatoms. The van der Waals surface area contributed by atoms with Crippen LogP contribution in [-0.4, -0.2) is 11.8 Å². The summed E-state index contributed by atoms with van der Waals surface area (Å²) in [6.45, 7) is 2.00. The third-order valence-corrected chi connectivity index (χ3v) is 8.19. The molecule has 3 aromatic carbocycles. The fourth-order valence-electron chi connectivity index (χ4n) is 6.65. The van der Waals surface area contributed by atoms with E-state index in [2.05, 4.69) is 0 Å². The van der Waals surface area contributed by atoms with Gasteiger partial charge in [-0.1, -0.05) is 67.1 Å². The first-order valence-corrected chi connectivity index (χ1v) is 11.5. The lowest BCUT2D eigenvalue weighted by Gasteiger charge is -2.54. The summed E-state index contributed by atoms with van der Waals surface area (Å²) in [4.78, 5) is 28.8. The number of benzene rings is 3. The highest BCUT2D eigenvalue weighted by Crippen LogP contribution is 2.65. The smallest absolute Gasteiger partial charge is 0.274 e. The highest BCUT2D eigenvalue weighted by atomic mass is 35.5. The number of hydrogen-bond acceptors (Lipinski definition) is 2. The van der Waals surface area contributed by atoms with Crippen LogP contribution in [0.2, 0.25) is 5.02 Å². The summed E-state index contributed by atoms with van der Waals surface area (Å²) in [5, 5.41) is -0.474. The second-order valence-corrected chi connectivity index (χ2v) is 9.56. The summed E-state index contributed by atoms with van der Waals surface area (Å²) < 4.78 is 40.6. The van der Waals surface area contributed by atoms with Crippen LogP contribution in [0, 0.1) is 11.8 Å². The van der Waals surface area contributed by atoms with Gasteiger partial charge in [-0.2, -0.15) is 13.2 Å². The zero-order chi connectivity index (χ0) is 24.0. The van der Waals surface area contributed by atoms with Gasteiger partial charge in [-0.3, -0.25) is 9.59 Å². The zero-order valence-electron chi connectivity index (χ0n) is 18.1. The minimum Gasteiger partial charge on any atom is -0.274 e. The molecule has 2 bridgehead atoms.